The zero-order valence-corrected chi connectivity index (χ0v) is 13.9. The molecule has 0 saturated heterocycles. The van der Waals surface area contributed by atoms with Gasteiger partial charge >= 0.3 is 0 Å². The Bertz CT molecular complexity index is 891. The van der Waals surface area contributed by atoms with Crippen molar-refractivity contribution >= 4 is 5.91 Å². The van der Waals surface area contributed by atoms with E-state index in [2.05, 4.69) is 34.6 Å². The average molecular weight is 330 g/mol. The van der Waals surface area contributed by atoms with Gasteiger partial charge in [-0.1, -0.05) is 54.6 Å². The number of nitrogens with zero attached hydrogens (tertiary/aromatic N) is 1. The Morgan fingerprint density at radius 2 is 1.60 bits per heavy atom. The number of hydrogen-bond acceptors (Lipinski definition) is 3. The van der Waals surface area contributed by atoms with E-state index in [-0.39, 0.29) is 11.9 Å². The van der Waals surface area contributed by atoms with E-state index in [1.54, 1.807) is 13.2 Å². The molecule has 1 aliphatic rings. The summed E-state index contributed by atoms with van der Waals surface area (Å²) in [6.45, 7) is 0.385. The van der Waals surface area contributed by atoms with Gasteiger partial charge in [0, 0.05) is 7.11 Å². The number of amides is 1. The van der Waals surface area contributed by atoms with Crippen LogP contribution in [0.1, 0.15) is 33.4 Å². The van der Waals surface area contributed by atoms with E-state index in [4.69, 9.17) is 4.74 Å². The first-order chi connectivity index (χ1) is 12.3. The molecule has 0 atom stereocenters. The lowest BCUT2D eigenvalue weighted by Gasteiger charge is -2.16. The molecule has 1 heterocycles. The van der Waals surface area contributed by atoms with Crippen molar-refractivity contribution in [2.24, 2.45) is 0 Å². The summed E-state index contributed by atoms with van der Waals surface area (Å²) in [5, 5.41) is 3.13. The molecule has 4 nitrogen and oxygen atoms in total. The fourth-order valence-corrected chi connectivity index (χ4v) is 3.35. The molecular weight excluding hydrogens is 312 g/mol. The summed E-state index contributed by atoms with van der Waals surface area (Å²) in [6, 6.07) is 21.6. The minimum atomic E-state index is -0.186. The molecule has 0 radical (unpaired) electrons. The van der Waals surface area contributed by atoms with Crippen LogP contribution < -0.4 is 5.32 Å². The highest BCUT2D eigenvalue weighted by atomic mass is 16.5. The lowest BCUT2D eigenvalue weighted by atomic mass is 10.1. The number of fused-ring (bicyclic) bond motifs is 3. The van der Waals surface area contributed by atoms with Gasteiger partial charge in [0.15, 0.2) is 0 Å². The van der Waals surface area contributed by atoms with Crippen LogP contribution in [0.2, 0.25) is 0 Å². The van der Waals surface area contributed by atoms with E-state index in [1.165, 1.54) is 11.1 Å². The fourth-order valence-electron chi connectivity index (χ4n) is 3.35. The molecule has 25 heavy (non-hydrogen) atoms. The topological polar surface area (TPSA) is 51.2 Å². The molecule has 0 aliphatic heterocycles. The standard InChI is InChI=1S/C21H18N2O2/c1-25-13-14-7-6-12-19(22-14)21(24)23-20-17-10-4-2-8-15(17)16-9-3-5-11-18(16)20/h2-12,20H,13H2,1H3,(H,23,24). The monoisotopic (exact) mass is 330 g/mol. The van der Waals surface area contributed by atoms with Gasteiger partial charge in [0.05, 0.1) is 18.3 Å². The van der Waals surface area contributed by atoms with Crippen molar-refractivity contribution in [2.45, 2.75) is 12.6 Å². The Labute approximate surface area is 146 Å². The van der Waals surface area contributed by atoms with Crippen molar-refractivity contribution in [3.05, 3.63) is 89.2 Å². The molecule has 1 N–H and O–H groups in total. The van der Waals surface area contributed by atoms with E-state index in [0.717, 1.165) is 16.8 Å². The second-order valence-corrected chi connectivity index (χ2v) is 6.03. The molecule has 0 spiro atoms. The third-order valence-electron chi connectivity index (χ3n) is 4.44. The molecule has 0 saturated carbocycles. The third kappa shape index (κ3) is 2.81. The van der Waals surface area contributed by atoms with Gasteiger partial charge in [-0.05, 0) is 34.4 Å². The second-order valence-electron chi connectivity index (χ2n) is 6.03. The number of rotatable bonds is 4. The Balaban J connectivity index is 1.67. The van der Waals surface area contributed by atoms with Gasteiger partial charge in [0.1, 0.15) is 5.69 Å². The summed E-state index contributed by atoms with van der Waals surface area (Å²) in [4.78, 5) is 17.1. The van der Waals surface area contributed by atoms with E-state index < -0.39 is 0 Å². The molecule has 0 unspecified atom stereocenters. The molecule has 0 fully saturated rings. The lowest BCUT2D eigenvalue weighted by Crippen LogP contribution is -2.29. The molecule has 4 heteroatoms. The normalized spacial score (nSPS) is 12.5. The van der Waals surface area contributed by atoms with Gasteiger partial charge < -0.3 is 10.1 Å². The maximum absolute atomic E-state index is 12.8. The SMILES string of the molecule is COCc1cccc(C(=O)NC2c3ccccc3-c3ccccc32)n1. The number of ether oxygens (including phenoxy) is 1. The van der Waals surface area contributed by atoms with Crippen molar-refractivity contribution in [3.8, 4) is 11.1 Å². The minimum Gasteiger partial charge on any atom is -0.378 e. The highest BCUT2D eigenvalue weighted by Gasteiger charge is 2.29. The number of pyridine rings is 1. The number of carbonyl (C=O) groups excluding carboxylic acids is 1. The highest BCUT2D eigenvalue weighted by Crippen LogP contribution is 2.43. The van der Waals surface area contributed by atoms with Crippen LogP contribution in [0.15, 0.2) is 66.7 Å². The van der Waals surface area contributed by atoms with E-state index in [1.807, 2.05) is 36.4 Å². The summed E-state index contributed by atoms with van der Waals surface area (Å²) >= 11 is 0. The Morgan fingerprint density at radius 1 is 0.960 bits per heavy atom. The molecule has 1 aliphatic carbocycles. The average Bonchev–Trinajstić information content (AvgIpc) is 2.97. The molecule has 0 bridgehead atoms. The Morgan fingerprint density at radius 3 is 2.24 bits per heavy atom. The van der Waals surface area contributed by atoms with E-state index >= 15 is 0 Å². The third-order valence-corrected chi connectivity index (χ3v) is 4.44. The molecule has 1 aromatic heterocycles. The summed E-state index contributed by atoms with van der Waals surface area (Å²) in [5.74, 6) is -0.186. The van der Waals surface area contributed by atoms with Crippen LogP contribution in [-0.2, 0) is 11.3 Å². The van der Waals surface area contributed by atoms with Crippen molar-refractivity contribution in [1.29, 1.82) is 0 Å². The maximum Gasteiger partial charge on any atom is 0.270 e. The van der Waals surface area contributed by atoms with Crippen LogP contribution in [0, 0.1) is 0 Å². The Hall–Kier alpha value is -2.98. The van der Waals surface area contributed by atoms with Gasteiger partial charge in [0.25, 0.3) is 5.91 Å². The predicted octanol–water partition coefficient (Wildman–Crippen LogP) is 3.73. The van der Waals surface area contributed by atoms with Crippen LogP contribution in [0.25, 0.3) is 11.1 Å². The molecule has 1 amide bonds. The summed E-state index contributed by atoms with van der Waals surface area (Å²) in [6.07, 6.45) is 0. The molecule has 4 rings (SSSR count). The molecule has 2 aromatic carbocycles. The van der Waals surface area contributed by atoms with Crippen LogP contribution >= 0.6 is 0 Å². The summed E-state index contributed by atoms with van der Waals surface area (Å²) in [7, 11) is 1.61. The van der Waals surface area contributed by atoms with Gasteiger partial charge in [-0.3, -0.25) is 4.79 Å². The smallest absolute Gasteiger partial charge is 0.270 e. The number of hydrogen-bond donors (Lipinski definition) is 1. The van der Waals surface area contributed by atoms with Gasteiger partial charge in [-0.15, -0.1) is 0 Å². The van der Waals surface area contributed by atoms with Crippen LogP contribution in [-0.4, -0.2) is 18.0 Å². The van der Waals surface area contributed by atoms with Crippen molar-refractivity contribution in [3.63, 3.8) is 0 Å². The quantitative estimate of drug-likeness (QED) is 0.793. The first-order valence-electron chi connectivity index (χ1n) is 8.22. The second kappa shape index (κ2) is 6.49. The van der Waals surface area contributed by atoms with E-state index in [9.17, 15) is 4.79 Å². The van der Waals surface area contributed by atoms with Gasteiger partial charge in [0.2, 0.25) is 0 Å². The van der Waals surface area contributed by atoms with Crippen LogP contribution in [0.4, 0.5) is 0 Å². The van der Waals surface area contributed by atoms with Gasteiger partial charge in [-0.25, -0.2) is 4.98 Å². The number of benzene rings is 2. The van der Waals surface area contributed by atoms with E-state index in [0.29, 0.717) is 12.3 Å². The first-order valence-corrected chi connectivity index (χ1v) is 8.22. The fraction of sp³-hybridized carbons (Fsp3) is 0.143. The largest absolute Gasteiger partial charge is 0.378 e. The molecule has 3 aromatic rings. The number of nitrogens with one attached hydrogen (secondary N) is 1. The highest BCUT2D eigenvalue weighted by molar-refractivity contribution is 5.94. The van der Waals surface area contributed by atoms with Gasteiger partial charge in [-0.2, -0.15) is 0 Å². The summed E-state index contributed by atoms with van der Waals surface area (Å²) in [5.41, 5.74) is 5.71. The van der Waals surface area contributed by atoms with Crippen LogP contribution in [0.5, 0.6) is 0 Å². The van der Waals surface area contributed by atoms with Crippen molar-refractivity contribution in [1.82, 2.24) is 10.3 Å². The minimum absolute atomic E-state index is 0.159. The Kier molecular flexibility index (Phi) is 4.04. The number of methoxy groups -OCH3 is 1. The van der Waals surface area contributed by atoms with Crippen molar-refractivity contribution < 1.29 is 9.53 Å². The van der Waals surface area contributed by atoms with Crippen molar-refractivity contribution in [2.75, 3.05) is 7.11 Å². The number of aromatic nitrogens is 1. The first kappa shape index (κ1) is 15.5. The lowest BCUT2D eigenvalue weighted by molar-refractivity contribution is 0.0937. The number of carbonyl (C=O) groups is 1. The van der Waals surface area contributed by atoms with Crippen LogP contribution in [0.3, 0.4) is 0 Å². The summed E-state index contributed by atoms with van der Waals surface area (Å²) < 4.78 is 5.09. The zero-order valence-electron chi connectivity index (χ0n) is 13.9. The predicted molar refractivity (Wildman–Crippen MR) is 96.1 cm³/mol. The zero-order chi connectivity index (χ0) is 17.2. The maximum atomic E-state index is 12.8. The molecule has 124 valence electrons. The molecular formula is C21H18N2O2.